The van der Waals surface area contributed by atoms with Gasteiger partial charge in [-0.2, -0.15) is 0 Å². The Kier molecular flexibility index (Phi) is 2.64. The molecule has 3 rings (SSSR count). The number of thiazole rings is 1. The minimum atomic E-state index is 0.240. The molecule has 88 valence electrons. The molecule has 2 aliphatic rings. The fourth-order valence-corrected chi connectivity index (χ4v) is 3.49. The Labute approximate surface area is 101 Å². The van der Waals surface area contributed by atoms with Crippen molar-refractivity contribution >= 4 is 16.5 Å². The van der Waals surface area contributed by atoms with Gasteiger partial charge in [0, 0.05) is 24.5 Å². The molecule has 1 fully saturated rings. The summed E-state index contributed by atoms with van der Waals surface area (Å²) >= 11 is 1.81. The van der Waals surface area contributed by atoms with E-state index in [-0.39, 0.29) is 6.04 Å². The van der Waals surface area contributed by atoms with Gasteiger partial charge in [0.05, 0.1) is 5.69 Å². The number of fused-ring (bicyclic) bond motifs is 1. The molecule has 0 saturated heterocycles. The Morgan fingerprint density at radius 1 is 1.44 bits per heavy atom. The molecule has 0 bridgehead atoms. The fraction of sp³-hybridized carbons (Fsp3) is 0.750. The monoisotopic (exact) mass is 237 g/mol. The van der Waals surface area contributed by atoms with Crippen molar-refractivity contribution in [2.24, 2.45) is 11.7 Å². The van der Waals surface area contributed by atoms with Crippen LogP contribution in [0.5, 0.6) is 0 Å². The second-order valence-corrected chi connectivity index (χ2v) is 6.14. The first-order valence-electron chi connectivity index (χ1n) is 6.20. The van der Waals surface area contributed by atoms with Gasteiger partial charge in [0.1, 0.15) is 0 Å². The highest BCUT2D eigenvalue weighted by molar-refractivity contribution is 7.15. The van der Waals surface area contributed by atoms with E-state index < -0.39 is 0 Å². The number of nitrogens with two attached hydrogens (primary N) is 1. The van der Waals surface area contributed by atoms with E-state index in [4.69, 9.17) is 10.7 Å². The van der Waals surface area contributed by atoms with Crippen LogP contribution in [0.3, 0.4) is 0 Å². The third-order valence-electron chi connectivity index (χ3n) is 3.54. The lowest BCUT2D eigenvalue weighted by Gasteiger charge is -2.15. The lowest BCUT2D eigenvalue weighted by molar-refractivity contribution is 0.573. The zero-order valence-electron chi connectivity index (χ0n) is 9.78. The first-order chi connectivity index (χ1) is 7.74. The van der Waals surface area contributed by atoms with Crippen molar-refractivity contribution in [3.05, 3.63) is 10.6 Å². The topological polar surface area (TPSA) is 42.2 Å². The minimum Gasteiger partial charge on any atom is -0.351 e. The van der Waals surface area contributed by atoms with Gasteiger partial charge in [-0.25, -0.2) is 4.98 Å². The highest BCUT2D eigenvalue weighted by atomic mass is 32.1. The first-order valence-corrected chi connectivity index (χ1v) is 7.02. The van der Waals surface area contributed by atoms with E-state index in [1.807, 2.05) is 11.3 Å². The second-order valence-electron chi connectivity index (χ2n) is 5.13. The van der Waals surface area contributed by atoms with Crippen molar-refractivity contribution in [1.82, 2.24) is 4.98 Å². The van der Waals surface area contributed by atoms with E-state index in [1.54, 1.807) is 0 Å². The summed E-state index contributed by atoms with van der Waals surface area (Å²) in [5.74, 6) is 0.916. The molecule has 2 aliphatic carbocycles. The summed E-state index contributed by atoms with van der Waals surface area (Å²) in [6.45, 7) is 1.17. The van der Waals surface area contributed by atoms with Crippen LogP contribution in [0, 0.1) is 5.92 Å². The minimum absolute atomic E-state index is 0.240. The summed E-state index contributed by atoms with van der Waals surface area (Å²) in [6, 6.07) is 0.240. The average Bonchev–Trinajstić information content (AvgIpc) is 2.95. The van der Waals surface area contributed by atoms with Crippen LogP contribution >= 0.6 is 11.3 Å². The normalized spacial score (nSPS) is 24.2. The number of rotatable bonds is 3. The molecule has 16 heavy (non-hydrogen) atoms. The van der Waals surface area contributed by atoms with Crippen molar-refractivity contribution in [2.75, 3.05) is 18.5 Å². The van der Waals surface area contributed by atoms with Gasteiger partial charge in [-0.05, 0) is 38.0 Å². The first kappa shape index (κ1) is 10.5. The molecular formula is C12H19N3S. The van der Waals surface area contributed by atoms with Gasteiger partial charge in [0.25, 0.3) is 0 Å². The van der Waals surface area contributed by atoms with Crippen molar-refractivity contribution in [1.29, 1.82) is 0 Å². The van der Waals surface area contributed by atoms with E-state index in [0.717, 1.165) is 18.8 Å². The molecule has 4 heteroatoms. The molecule has 0 amide bonds. The molecule has 0 aliphatic heterocycles. The van der Waals surface area contributed by atoms with E-state index in [1.165, 1.54) is 41.5 Å². The number of aromatic nitrogens is 1. The average molecular weight is 237 g/mol. The fourth-order valence-electron chi connectivity index (χ4n) is 2.37. The van der Waals surface area contributed by atoms with Gasteiger partial charge in [0.15, 0.2) is 5.13 Å². The van der Waals surface area contributed by atoms with Gasteiger partial charge in [-0.3, -0.25) is 0 Å². The molecule has 1 saturated carbocycles. The van der Waals surface area contributed by atoms with Crippen molar-refractivity contribution < 1.29 is 0 Å². The van der Waals surface area contributed by atoms with Crippen LogP contribution in [0.1, 0.15) is 42.3 Å². The van der Waals surface area contributed by atoms with E-state index >= 15 is 0 Å². The van der Waals surface area contributed by atoms with Crippen LogP contribution < -0.4 is 10.6 Å². The van der Waals surface area contributed by atoms with Crippen LogP contribution in [0.15, 0.2) is 0 Å². The SMILES string of the molecule is CN(CC1CC1)c1nc2c(s1)C(N)CCC2. The molecular weight excluding hydrogens is 218 g/mol. The summed E-state index contributed by atoms with van der Waals surface area (Å²) in [4.78, 5) is 8.40. The molecule has 0 aromatic carbocycles. The second kappa shape index (κ2) is 4.00. The quantitative estimate of drug-likeness (QED) is 0.877. The van der Waals surface area contributed by atoms with Gasteiger partial charge in [-0.1, -0.05) is 0 Å². The maximum absolute atomic E-state index is 6.13. The number of hydrogen-bond acceptors (Lipinski definition) is 4. The molecule has 1 aromatic heterocycles. The molecule has 3 nitrogen and oxygen atoms in total. The van der Waals surface area contributed by atoms with Gasteiger partial charge < -0.3 is 10.6 Å². The molecule has 1 atom stereocenters. The van der Waals surface area contributed by atoms with E-state index in [0.29, 0.717) is 0 Å². The lowest BCUT2D eigenvalue weighted by atomic mass is 9.99. The van der Waals surface area contributed by atoms with Crippen molar-refractivity contribution in [3.8, 4) is 0 Å². The predicted octanol–water partition coefficient (Wildman–Crippen LogP) is 2.33. The smallest absolute Gasteiger partial charge is 0.185 e. The highest BCUT2D eigenvalue weighted by Gasteiger charge is 2.26. The molecule has 1 unspecified atom stereocenters. The molecule has 0 spiro atoms. The Morgan fingerprint density at radius 3 is 2.94 bits per heavy atom. The van der Waals surface area contributed by atoms with Gasteiger partial charge >= 0.3 is 0 Å². The van der Waals surface area contributed by atoms with Gasteiger partial charge in [-0.15, -0.1) is 11.3 Å². The third kappa shape index (κ3) is 1.96. The predicted molar refractivity (Wildman–Crippen MR) is 68.0 cm³/mol. The van der Waals surface area contributed by atoms with Crippen LogP contribution in [0.25, 0.3) is 0 Å². The van der Waals surface area contributed by atoms with Crippen LogP contribution in [0.4, 0.5) is 5.13 Å². The van der Waals surface area contributed by atoms with Crippen LogP contribution in [-0.4, -0.2) is 18.6 Å². The summed E-state index contributed by atoms with van der Waals surface area (Å²) in [7, 11) is 2.16. The summed E-state index contributed by atoms with van der Waals surface area (Å²) in [5, 5.41) is 1.18. The number of anilines is 1. The Balaban J connectivity index is 1.79. The van der Waals surface area contributed by atoms with E-state index in [9.17, 15) is 0 Å². The van der Waals surface area contributed by atoms with Gasteiger partial charge in [0.2, 0.25) is 0 Å². The number of hydrogen-bond donors (Lipinski definition) is 1. The Morgan fingerprint density at radius 2 is 2.25 bits per heavy atom. The summed E-state index contributed by atoms with van der Waals surface area (Å²) in [5.41, 5.74) is 7.39. The molecule has 1 heterocycles. The summed E-state index contributed by atoms with van der Waals surface area (Å²) < 4.78 is 0. The van der Waals surface area contributed by atoms with E-state index in [2.05, 4.69) is 11.9 Å². The Bertz CT molecular complexity index is 384. The molecule has 1 aromatic rings. The maximum Gasteiger partial charge on any atom is 0.185 e. The molecule has 0 radical (unpaired) electrons. The molecule has 2 N–H and O–H groups in total. The zero-order chi connectivity index (χ0) is 11.1. The standard InChI is InChI=1S/C12H19N3S/c1-15(7-8-5-6-8)12-14-10-4-2-3-9(13)11(10)16-12/h8-9H,2-7,13H2,1H3. The van der Waals surface area contributed by atoms with Crippen molar-refractivity contribution in [2.45, 2.75) is 38.1 Å². The van der Waals surface area contributed by atoms with Crippen LogP contribution in [0.2, 0.25) is 0 Å². The van der Waals surface area contributed by atoms with Crippen molar-refractivity contribution in [3.63, 3.8) is 0 Å². The third-order valence-corrected chi connectivity index (χ3v) is 4.88. The highest BCUT2D eigenvalue weighted by Crippen LogP contribution is 2.37. The lowest BCUT2D eigenvalue weighted by Crippen LogP contribution is -2.19. The number of nitrogens with zero attached hydrogens (tertiary/aromatic N) is 2. The maximum atomic E-state index is 6.13. The summed E-state index contributed by atoms with van der Waals surface area (Å²) in [6.07, 6.45) is 6.24. The van der Waals surface area contributed by atoms with Crippen LogP contribution in [-0.2, 0) is 6.42 Å². The Hall–Kier alpha value is -0.610. The number of aryl methyl sites for hydroxylation is 1. The largest absolute Gasteiger partial charge is 0.351 e. The zero-order valence-corrected chi connectivity index (χ0v) is 10.6.